The molecule has 0 radical (unpaired) electrons. The second kappa shape index (κ2) is 10.4. The number of benzene rings is 1. The van der Waals surface area contributed by atoms with Gasteiger partial charge in [0.2, 0.25) is 0 Å². The van der Waals surface area contributed by atoms with Crippen LogP contribution in [0.1, 0.15) is 17.8 Å². The third-order valence-electron chi connectivity index (χ3n) is 4.41. The molecule has 2 N–H and O–H groups in total. The van der Waals surface area contributed by atoms with Gasteiger partial charge in [-0.25, -0.2) is 0 Å². The first-order valence-electron chi connectivity index (χ1n) is 9.45. The average Bonchev–Trinajstić information content (AvgIpc) is 3.17. The molecule has 2 heterocycles. The lowest BCUT2D eigenvalue weighted by Crippen LogP contribution is -2.37. The van der Waals surface area contributed by atoms with E-state index in [9.17, 15) is 8.78 Å². The van der Waals surface area contributed by atoms with E-state index in [2.05, 4.69) is 30.6 Å². The number of hydrogen-bond acceptors (Lipinski definition) is 5. The van der Waals surface area contributed by atoms with Gasteiger partial charge < -0.3 is 20.1 Å². The molecule has 10 heteroatoms. The molecule has 0 unspecified atom stereocenters. The number of aryl methyl sites for hydroxylation is 1. The van der Waals surface area contributed by atoms with E-state index in [-0.39, 0.29) is 12.3 Å². The van der Waals surface area contributed by atoms with Crippen LogP contribution in [0, 0.1) is 0 Å². The van der Waals surface area contributed by atoms with Crippen molar-refractivity contribution in [1.82, 2.24) is 25.2 Å². The third kappa shape index (κ3) is 5.56. The molecule has 0 atom stereocenters. The number of hydrogen-bond donors (Lipinski definition) is 2. The van der Waals surface area contributed by atoms with E-state index in [4.69, 9.17) is 4.74 Å². The quantitative estimate of drug-likeness (QED) is 0.316. The second-order valence-corrected chi connectivity index (χ2v) is 6.35. The zero-order valence-corrected chi connectivity index (χ0v) is 16.8. The standard InChI is InChI=1S/C20H24F2N6O2/c1-23-20(24-10-5-7-18-27-26-17-6-3-4-11-28(17)18)25-13-14-12-15(29-2)8-9-16(14)30-19(21)22/h3-4,6,8-9,11-12,19H,5,7,10,13H2,1-2H3,(H2,23,24,25). The Bertz CT molecular complexity index is 992. The summed E-state index contributed by atoms with van der Waals surface area (Å²) in [5.74, 6) is 2.08. The van der Waals surface area contributed by atoms with Crippen molar-refractivity contribution in [1.29, 1.82) is 0 Å². The van der Waals surface area contributed by atoms with Gasteiger partial charge in [-0.05, 0) is 36.8 Å². The van der Waals surface area contributed by atoms with Crippen molar-refractivity contribution < 1.29 is 18.3 Å². The number of nitrogens with one attached hydrogen (secondary N) is 2. The van der Waals surface area contributed by atoms with Crippen molar-refractivity contribution in [2.75, 3.05) is 20.7 Å². The van der Waals surface area contributed by atoms with Gasteiger partial charge in [0.25, 0.3) is 0 Å². The van der Waals surface area contributed by atoms with Gasteiger partial charge in [-0.3, -0.25) is 9.39 Å². The van der Waals surface area contributed by atoms with E-state index in [0.29, 0.717) is 23.8 Å². The lowest BCUT2D eigenvalue weighted by molar-refractivity contribution is -0.0504. The molecule has 0 fully saturated rings. The zero-order chi connectivity index (χ0) is 21.3. The molecule has 0 aliphatic carbocycles. The van der Waals surface area contributed by atoms with Crippen LogP contribution >= 0.6 is 0 Å². The number of pyridine rings is 1. The summed E-state index contributed by atoms with van der Waals surface area (Å²) in [6.45, 7) is -2.00. The monoisotopic (exact) mass is 418 g/mol. The molecule has 30 heavy (non-hydrogen) atoms. The Morgan fingerprint density at radius 3 is 2.83 bits per heavy atom. The van der Waals surface area contributed by atoms with Crippen LogP contribution < -0.4 is 20.1 Å². The summed E-state index contributed by atoms with van der Waals surface area (Å²) in [7, 11) is 3.16. The van der Waals surface area contributed by atoms with Crippen LogP contribution in [0.5, 0.6) is 11.5 Å². The highest BCUT2D eigenvalue weighted by atomic mass is 19.3. The van der Waals surface area contributed by atoms with Gasteiger partial charge in [0.05, 0.1) is 7.11 Å². The predicted molar refractivity (Wildman–Crippen MR) is 109 cm³/mol. The maximum absolute atomic E-state index is 12.6. The number of fused-ring (bicyclic) bond motifs is 1. The number of aliphatic imine (C=N–C) groups is 1. The van der Waals surface area contributed by atoms with E-state index in [1.165, 1.54) is 13.2 Å². The zero-order valence-electron chi connectivity index (χ0n) is 16.8. The van der Waals surface area contributed by atoms with Crippen LogP contribution in [-0.2, 0) is 13.0 Å². The number of halogens is 2. The van der Waals surface area contributed by atoms with Gasteiger partial charge in [0, 0.05) is 38.3 Å². The normalized spacial score (nSPS) is 11.7. The Morgan fingerprint density at radius 1 is 1.20 bits per heavy atom. The summed E-state index contributed by atoms with van der Waals surface area (Å²) >= 11 is 0. The Morgan fingerprint density at radius 2 is 2.07 bits per heavy atom. The van der Waals surface area contributed by atoms with Crippen LogP contribution in [0.25, 0.3) is 5.65 Å². The SMILES string of the molecule is CN=C(NCCCc1nnc2ccccn12)NCc1cc(OC)ccc1OC(F)F. The number of aromatic nitrogens is 3. The summed E-state index contributed by atoms with van der Waals surface area (Å²) in [4.78, 5) is 4.16. The van der Waals surface area contributed by atoms with Crippen molar-refractivity contribution >= 4 is 11.6 Å². The second-order valence-electron chi connectivity index (χ2n) is 6.35. The van der Waals surface area contributed by atoms with Gasteiger partial charge >= 0.3 is 6.61 Å². The molecular formula is C20H24F2N6O2. The molecule has 0 bridgehead atoms. The lowest BCUT2D eigenvalue weighted by atomic mass is 10.2. The van der Waals surface area contributed by atoms with Gasteiger partial charge in [0.1, 0.15) is 17.3 Å². The molecule has 0 spiro atoms. The summed E-state index contributed by atoms with van der Waals surface area (Å²) in [5.41, 5.74) is 1.35. The van der Waals surface area contributed by atoms with Crippen molar-refractivity contribution in [3.8, 4) is 11.5 Å². The maximum Gasteiger partial charge on any atom is 0.387 e. The molecule has 0 saturated heterocycles. The maximum atomic E-state index is 12.6. The van der Waals surface area contributed by atoms with Crippen LogP contribution in [0.4, 0.5) is 8.78 Å². The molecule has 2 aromatic heterocycles. The Hall–Kier alpha value is -3.43. The van der Waals surface area contributed by atoms with Crippen molar-refractivity contribution in [2.45, 2.75) is 26.0 Å². The number of nitrogens with zero attached hydrogens (tertiary/aromatic N) is 4. The molecule has 160 valence electrons. The minimum atomic E-state index is -2.90. The minimum Gasteiger partial charge on any atom is -0.497 e. The first-order valence-corrected chi connectivity index (χ1v) is 9.45. The summed E-state index contributed by atoms with van der Waals surface area (Å²) in [6.07, 6.45) is 3.50. The van der Waals surface area contributed by atoms with Crippen LogP contribution in [0.3, 0.4) is 0 Å². The van der Waals surface area contributed by atoms with Crippen LogP contribution in [0.15, 0.2) is 47.6 Å². The topological polar surface area (TPSA) is 85.1 Å². The van der Waals surface area contributed by atoms with Gasteiger partial charge in [-0.2, -0.15) is 8.78 Å². The van der Waals surface area contributed by atoms with E-state index in [1.807, 2.05) is 28.8 Å². The highest BCUT2D eigenvalue weighted by molar-refractivity contribution is 5.79. The highest BCUT2D eigenvalue weighted by Gasteiger charge is 2.12. The smallest absolute Gasteiger partial charge is 0.387 e. The predicted octanol–water partition coefficient (Wildman–Crippen LogP) is 2.64. The molecule has 0 aliphatic rings. The van der Waals surface area contributed by atoms with Crippen molar-refractivity contribution in [2.24, 2.45) is 4.99 Å². The van der Waals surface area contributed by atoms with Gasteiger partial charge in [0.15, 0.2) is 11.6 Å². The van der Waals surface area contributed by atoms with Gasteiger partial charge in [-0.1, -0.05) is 6.07 Å². The first-order chi connectivity index (χ1) is 14.6. The summed E-state index contributed by atoms with van der Waals surface area (Å²) in [6, 6.07) is 10.4. The van der Waals surface area contributed by atoms with E-state index in [0.717, 1.165) is 24.3 Å². The largest absolute Gasteiger partial charge is 0.497 e. The summed E-state index contributed by atoms with van der Waals surface area (Å²) < 4.78 is 37.0. The minimum absolute atomic E-state index is 0.0902. The van der Waals surface area contributed by atoms with Crippen molar-refractivity contribution in [3.05, 3.63) is 54.0 Å². The van der Waals surface area contributed by atoms with E-state index < -0.39 is 6.61 Å². The molecule has 3 rings (SSSR count). The number of rotatable bonds is 9. The Balaban J connectivity index is 1.51. The average molecular weight is 418 g/mol. The molecular weight excluding hydrogens is 394 g/mol. The number of methoxy groups -OCH3 is 1. The Kier molecular flexibility index (Phi) is 7.36. The number of alkyl halides is 2. The van der Waals surface area contributed by atoms with Crippen LogP contribution in [-0.4, -0.2) is 47.9 Å². The molecule has 3 aromatic rings. The molecule has 1 aromatic carbocycles. The third-order valence-corrected chi connectivity index (χ3v) is 4.41. The molecule has 0 saturated carbocycles. The fourth-order valence-electron chi connectivity index (χ4n) is 2.95. The Labute approximate surface area is 172 Å². The van der Waals surface area contributed by atoms with Crippen molar-refractivity contribution in [3.63, 3.8) is 0 Å². The molecule has 0 amide bonds. The lowest BCUT2D eigenvalue weighted by Gasteiger charge is -2.15. The highest BCUT2D eigenvalue weighted by Crippen LogP contribution is 2.25. The van der Waals surface area contributed by atoms with E-state index >= 15 is 0 Å². The van der Waals surface area contributed by atoms with E-state index in [1.54, 1.807) is 19.2 Å². The van der Waals surface area contributed by atoms with Crippen LogP contribution in [0.2, 0.25) is 0 Å². The first kappa shape index (κ1) is 21.3. The fourth-order valence-corrected chi connectivity index (χ4v) is 2.95. The number of ether oxygens (including phenoxy) is 2. The fraction of sp³-hybridized carbons (Fsp3) is 0.350. The summed E-state index contributed by atoms with van der Waals surface area (Å²) in [5, 5.41) is 14.6. The molecule has 8 nitrogen and oxygen atoms in total. The number of guanidine groups is 1. The van der Waals surface area contributed by atoms with Gasteiger partial charge in [-0.15, -0.1) is 10.2 Å². The molecule has 0 aliphatic heterocycles.